The number of nitrogens with one attached hydrogen (secondary N) is 1. The van der Waals surface area contributed by atoms with Gasteiger partial charge in [0.25, 0.3) is 0 Å². The number of carbonyl (C=O) groups excluding carboxylic acids is 1. The standard InChI is InChI=1S/C23H23NO2/c1-2-7-17(16-12-13-16)14-24-23(25)26-15-22-20-10-5-3-8-18(20)19-9-4-6-11-21(19)22/h1,3-6,8-11,16-17,22H,7,12-15H2,(H,24,25). The molecular weight excluding hydrogens is 322 g/mol. The third-order valence-corrected chi connectivity index (χ3v) is 5.52. The zero-order chi connectivity index (χ0) is 17.9. The summed E-state index contributed by atoms with van der Waals surface area (Å²) in [4.78, 5) is 12.2. The molecule has 2 aromatic carbocycles. The van der Waals surface area contributed by atoms with Gasteiger partial charge in [-0.2, -0.15) is 0 Å². The lowest BCUT2D eigenvalue weighted by molar-refractivity contribution is 0.141. The summed E-state index contributed by atoms with van der Waals surface area (Å²) >= 11 is 0. The van der Waals surface area contributed by atoms with Crippen molar-refractivity contribution >= 4 is 6.09 Å². The number of fused-ring (bicyclic) bond motifs is 3. The molecule has 1 amide bonds. The first-order chi connectivity index (χ1) is 12.8. The van der Waals surface area contributed by atoms with E-state index in [4.69, 9.17) is 11.2 Å². The molecule has 2 aromatic rings. The molecule has 0 radical (unpaired) electrons. The van der Waals surface area contributed by atoms with Crippen LogP contribution in [-0.2, 0) is 4.74 Å². The van der Waals surface area contributed by atoms with Gasteiger partial charge < -0.3 is 10.1 Å². The van der Waals surface area contributed by atoms with Gasteiger partial charge in [0.15, 0.2) is 0 Å². The van der Waals surface area contributed by atoms with Crippen LogP contribution in [0.1, 0.15) is 36.3 Å². The minimum atomic E-state index is -0.352. The molecule has 2 aliphatic rings. The summed E-state index contributed by atoms with van der Waals surface area (Å²) in [6.45, 7) is 0.953. The van der Waals surface area contributed by atoms with Crippen LogP contribution in [0.2, 0.25) is 0 Å². The number of alkyl carbamates (subject to hydrolysis) is 1. The first-order valence-corrected chi connectivity index (χ1v) is 9.30. The lowest BCUT2D eigenvalue weighted by atomic mass is 9.98. The molecule has 3 heteroatoms. The summed E-state index contributed by atoms with van der Waals surface area (Å²) in [7, 11) is 0. The first kappa shape index (κ1) is 16.7. The second-order valence-corrected chi connectivity index (χ2v) is 7.21. The summed E-state index contributed by atoms with van der Waals surface area (Å²) in [5.74, 6) is 3.86. The number of ether oxygens (including phenoxy) is 1. The van der Waals surface area contributed by atoms with Gasteiger partial charge in [0.1, 0.15) is 6.61 Å². The molecule has 4 rings (SSSR count). The predicted octanol–water partition coefficient (Wildman–Crippen LogP) is 4.57. The van der Waals surface area contributed by atoms with Gasteiger partial charge in [0.05, 0.1) is 0 Å². The average molecular weight is 345 g/mol. The van der Waals surface area contributed by atoms with E-state index in [0.717, 1.165) is 0 Å². The van der Waals surface area contributed by atoms with Gasteiger partial charge in [-0.3, -0.25) is 0 Å². The molecular formula is C23H23NO2. The number of amides is 1. The highest BCUT2D eigenvalue weighted by Crippen LogP contribution is 2.44. The van der Waals surface area contributed by atoms with Crippen LogP contribution in [0.5, 0.6) is 0 Å². The largest absolute Gasteiger partial charge is 0.449 e. The lowest BCUT2D eigenvalue weighted by Gasteiger charge is -2.17. The zero-order valence-corrected chi connectivity index (χ0v) is 14.8. The van der Waals surface area contributed by atoms with Crippen LogP contribution < -0.4 is 5.32 Å². The fraction of sp³-hybridized carbons (Fsp3) is 0.348. The van der Waals surface area contributed by atoms with Gasteiger partial charge in [-0.25, -0.2) is 4.79 Å². The van der Waals surface area contributed by atoms with E-state index < -0.39 is 0 Å². The SMILES string of the molecule is C#CCC(CNC(=O)OCC1c2ccccc2-c2ccccc21)C1CC1. The van der Waals surface area contributed by atoms with Crippen molar-refractivity contribution in [1.82, 2.24) is 5.32 Å². The molecule has 1 N–H and O–H groups in total. The molecule has 1 fully saturated rings. The number of benzene rings is 2. The molecule has 0 spiro atoms. The smallest absolute Gasteiger partial charge is 0.407 e. The van der Waals surface area contributed by atoms with Gasteiger partial charge in [-0.15, -0.1) is 12.3 Å². The molecule has 0 aromatic heterocycles. The van der Waals surface area contributed by atoms with Crippen molar-refractivity contribution < 1.29 is 9.53 Å². The maximum absolute atomic E-state index is 12.2. The molecule has 0 heterocycles. The van der Waals surface area contributed by atoms with Gasteiger partial charge >= 0.3 is 6.09 Å². The monoisotopic (exact) mass is 345 g/mol. The van der Waals surface area contributed by atoms with Crippen molar-refractivity contribution in [2.45, 2.75) is 25.2 Å². The number of terminal acetylenes is 1. The van der Waals surface area contributed by atoms with Crippen molar-refractivity contribution in [1.29, 1.82) is 0 Å². The third-order valence-electron chi connectivity index (χ3n) is 5.52. The minimum Gasteiger partial charge on any atom is -0.449 e. The van der Waals surface area contributed by atoms with E-state index in [1.54, 1.807) is 0 Å². The summed E-state index contributed by atoms with van der Waals surface area (Å²) in [6, 6.07) is 16.7. The number of carbonyl (C=O) groups is 1. The van der Waals surface area contributed by atoms with Crippen molar-refractivity contribution in [3.05, 3.63) is 59.7 Å². The van der Waals surface area contributed by atoms with Crippen LogP contribution >= 0.6 is 0 Å². The zero-order valence-electron chi connectivity index (χ0n) is 14.8. The topological polar surface area (TPSA) is 38.3 Å². The van der Waals surface area contributed by atoms with Crippen molar-refractivity contribution in [2.75, 3.05) is 13.2 Å². The van der Waals surface area contributed by atoms with Crippen LogP contribution in [0.4, 0.5) is 4.79 Å². The van der Waals surface area contributed by atoms with Gasteiger partial charge in [0, 0.05) is 18.9 Å². The Morgan fingerprint density at radius 3 is 2.31 bits per heavy atom. The predicted molar refractivity (Wildman–Crippen MR) is 103 cm³/mol. The van der Waals surface area contributed by atoms with Gasteiger partial charge in [-0.1, -0.05) is 48.5 Å². The van der Waals surface area contributed by atoms with Crippen LogP contribution in [0, 0.1) is 24.2 Å². The molecule has 0 saturated heterocycles. The molecule has 1 unspecified atom stereocenters. The molecule has 132 valence electrons. The summed E-state index contributed by atoms with van der Waals surface area (Å²) < 4.78 is 5.57. The van der Waals surface area contributed by atoms with Crippen LogP contribution in [0.3, 0.4) is 0 Å². The highest BCUT2D eigenvalue weighted by Gasteiger charge is 2.31. The van der Waals surface area contributed by atoms with E-state index in [1.807, 2.05) is 12.1 Å². The number of hydrogen-bond acceptors (Lipinski definition) is 2. The Morgan fingerprint density at radius 2 is 1.73 bits per heavy atom. The quantitative estimate of drug-likeness (QED) is 0.779. The molecule has 0 aliphatic heterocycles. The fourth-order valence-electron chi connectivity index (χ4n) is 3.99. The van der Waals surface area contributed by atoms with Crippen molar-refractivity contribution in [2.24, 2.45) is 11.8 Å². The highest BCUT2D eigenvalue weighted by molar-refractivity contribution is 5.79. The van der Waals surface area contributed by atoms with Crippen molar-refractivity contribution in [3.63, 3.8) is 0 Å². The number of rotatable bonds is 6. The molecule has 26 heavy (non-hydrogen) atoms. The molecule has 1 saturated carbocycles. The van der Waals surface area contributed by atoms with Gasteiger partial charge in [-0.05, 0) is 46.9 Å². The Bertz CT molecular complexity index is 802. The van der Waals surface area contributed by atoms with E-state index in [0.29, 0.717) is 31.4 Å². The Balaban J connectivity index is 1.38. The second-order valence-electron chi connectivity index (χ2n) is 7.21. The fourth-order valence-corrected chi connectivity index (χ4v) is 3.99. The highest BCUT2D eigenvalue weighted by atomic mass is 16.5. The van der Waals surface area contributed by atoms with E-state index in [2.05, 4.69) is 47.6 Å². The lowest BCUT2D eigenvalue weighted by Crippen LogP contribution is -2.31. The van der Waals surface area contributed by atoms with Crippen LogP contribution in [0.15, 0.2) is 48.5 Å². The molecule has 0 bridgehead atoms. The summed E-state index contributed by atoms with van der Waals surface area (Å²) in [5, 5.41) is 2.90. The Labute approximate surface area is 154 Å². The minimum absolute atomic E-state index is 0.0955. The Hall–Kier alpha value is -2.73. The maximum Gasteiger partial charge on any atom is 0.407 e. The molecule has 2 aliphatic carbocycles. The van der Waals surface area contributed by atoms with Crippen molar-refractivity contribution in [3.8, 4) is 23.5 Å². The third kappa shape index (κ3) is 3.32. The Morgan fingerprint density at radius 1 is 1.12 bits per heavy atom. The van der Waals surface area contributed by atoms with E-state index in [9.17, 15) is 4.79 Å². The van der Waals surface area contributed by atoms with Crippen LogP contribution in [0.25, 0.3) is 11.1 Å². The first-order valence-electron chi connectivity index (χ1n) is 9.30. The second kappa shape index (κ2) is 7.25. The normalized spacial score (nSPS) is 16.3. The summed E-state index contributed by atoms with van der Waals surface area (Å²) in [5.41, 5.74) is 4.93. The van der Waals surface area contributed by atoms with Crippen LogP contribution in [-0.4, -0.2) is 19.2 Å². The molecule has 1 atom stereocenters. The summed E-state index contributed by atoms with van der Waals surface area (Å²) in [6.07, 6.45) is 8.25. The van der Waals surface area contributed by atoms with E-state index in [-0.39, 0.29) is 12.0 Å². The van der Waals surface area contributed by atoms with E-state index >= 15 is 0 Å². The Kier molecular flexibility index (Phi) is 4.67. The number of hydrogen-bond donors (Lipinski definition) is 1. The average Bonchev–Trinajstić information content (AvgIpc) is 3.46. The molecule has 3 nitrogen and oxygen atoms in total. The van der Waals surface area contributed by atoms with E-state index in [1.165, 1.54) is 35.1 Å². The maximum atomic E-state index is 12.2. The van der Waals surface area contributed by atoms with Gasteiger partial charge in [0.2, 0.25) is 0 Å².